The number of amides is 1. The number of hydrogen-bond donors (Lipinski definition) is 2. The van der Waals surface area contributed by atoms with Gasteiger partial charge >= 0.3 is 0 Å². The van der Waals surface area contributed by atoms with E-state index in [1.807, 2.05) is 30.3 Å². The van der Waals surface area contributed by atoms with Crippen molar-refractivity contribution in [3.05, 3.63) is 41.5 Å². The van der Waals surface area contributed by atoms with Crippen molar-refractivity contribution in [1.82, 2.24) is 4.90 Å². The van der Waals surface area contributed by atoms with Crippen molar-refractivity contribution in [2.45, 2.75) is 38.2 Å². The van der Waals surface area contributed by atoms with Gasteiger partial charge in [-0.25, -0.2) is 0 Å². The smallest absolute Gasteiger partial charge is 0.227 e. The fourth-order valence-corrected chi connectivity index (χ4v) is 3.82. The molecule has 1 aliphatic heterocycles. The summed E-state index contributed by atoms with van der Waals surface area (Å²) in [6.45, 7) is 0.909. The third-order valence-electron chi connectivity index (χ3n) is 5.38. The molecule has 25 heavy (non-hydrogen) atoms. The molecule has 1 heterocycles. The number of allylic oxidation sites excluding steroid dienone is 1. The maximum atomic E-state index is 12.7. The van der Waals surface area contributed by atoms with Crippen molar-refractivity contribution >= 4 is 17.3 Å². The third kappa shape index (κ3) is 3.99. The number of piperidine rings is 1. The van der Waals surface area contributed by atoms with Gasteiger partial charge in [-0.1, -0.05) is 30.3 Å². The molecule has 5 heteroatoms. The van der Waals surface area contributed by atoms with Crippen molar-refractivity contribution in [3.63, 3.8) is 0 Å². The lowest BCUT2D eigenvalue weighted by molar-refractivity contribution is -0.133. The molecular weight excluding hydrogens is 318 g/mol. The molecule has 1 saturated heterocycles. The molecule has 1 amide bonds. The first-order chi connectivity index (χ1) is 12.1. The number of nitrogens with zero attached hydrogens (tertiary/aromatic N) is 1. The lowest BCUT2D eigenvalue weighted by atomic mass is 9.91. The van der Waals surface area contributed by atoms with E-state index in [0.29, 0.717) is 44.3 Å². The molecule has 0 aromatic heterocycles. The SMILES string of the molecule is O=C1CCC(c2ccccc2)=C1CC(=O)N1CCC(C(O)CO)CC1. The second kappa shape index (κ2) is 7.93. The highest BCUT2D eigenvalue weighted by atomic mass is 16.3. The average Bonchev–Trinajstić information content (AvgIpc) is 3.02. The number of ketones is 1. The van der Waals surface area contributed by atoms with Crippen LogP contribution in [0.5, 0.6) is 0 Å². The Morgan fingerprint density at radius 2 is 1.84 bits per heavy atom. The minimum Gasteiger partial charge on any atom is -0.394 e. The van der Waals surface area contributed by atoms with Crippen molar-refractivity contribution in [3.8, 4) is 0 Å². The summed E-state index contributed by atoms with van der Waals surface area (Å²) < 4.78 is 0. The van der Waals surface area contributed by atoms with Crippen molar-refractivity contribution < 1.29 is 19.8 Å². The van der Waals surface area contributed by atoms with E-state index in [1.54, 1.807) is 4.90 Å². The molecule has 134 valence electrons. The maximum Gasteiger partial charge on any atom is 0.227 e. The zero-order chi connectivity index (χ0) is 17.8. The predicted octanol–water partition coefficient (Wildman–Crippen LogP) is 1.78. The summed E-state index contributed by atoms with van der Waals surface area (Å²) in [7, 11) is 0. The molecule has 1 fully saturated rings. The summed E-state index contributed by atoms with van der Waals surface area (Å²) in [5.74, 6) is 0.106. The van der Waals surface area contributed by atoms with Gasteiger partial charge in [-0.05, 0) is 36.3 Å². The Morgan fingerprint density at radius 3 is 2.48 bits per heavy atom. The minimum absolute atomic E-state index is 0.0179. The van der Waals surface area contributed by atoms with Crippen LogP contribution in [-0.2, 0) is 9.59 Å². The Hall–Kier alpha value is -1.98. The molecule has 3 rings (SSSR count). The lowest BCUT2D eigenvalue weighted by Crippen LogP contribution is -2.42. The molecule has 1 aromatic rings. The summed E-state index contributed by atoms with van der Waals surface area (Å²) in [5.41, 5.74) is 2.69. The second-order valence-corrected chi connectivity index (χ2v) is 6.89. The van der Waals surface area contributed by atoms with Gasteiger partial charge < -0.3 is 15.1 Å². The van der Waals surface area contributed by atoms with E-state index < -0.39 is 6.10 Å². The van der Waals surface area contributed by atoms with Crippen molar-refractivity contribution in [2.75, 3.05) is 19.7 Å². The predicted molar refractivity (Wildman–Crippen MR) is 94.6 cm³/mol. The fraction of sp³-hybridized carbons (Fsp3) is 0.500. The fourth-order valence-electron chi connectivity index (χ4n) is 3.82. The molecule has 2 N–H and O–H groups in total. The second-order valence-electron chi connectivity index (χ2n) is 6.89. The first-order valence-electron chi connectivity index (χ1n) is 8.97. The van der Waals surface area contributed by atoms with Gasteiger partial charge in [0.1, 0.15) is 0 Å². The van der Waals surface area contributed by atoms with Gasteiger partial charge in [0.05, 0.1) is 19.1 Å². The molecule has 2 aliphatic rings. The number of aliphatic hydroxyl groups is 2. The molecule has 0 spiro atoms. The highest BCUT2D eigenvalue weighted by molar-refractivity contribution is 6.10. The highest BCUT2D eigenvalue weighted by Gasteiger charge is 2.30. The normalized spacial score (nSPS) is 20.2. The molecule has 0 saturated carbocycles. The van der Waals surface area contributed by atoms with Crippen LogP contribution in [0.1, 0.15) is 37.7 Å². The van der Waals surface area contributed by atoms with Crippen LogP contribution < -0.4 is 0 Å². The van der Waals surface area contributed by atoms with Crippen LogP contribution in [0.15, 0.2) is 35.9 Å². The summed E-state index contributed by atoms with van der Waals surface area (Å²) >= 11 is 0. The standard InChI is InChI=1S/C20H25NO4/c22-13-19(24)15-8-10-21(11-9-15)20(25)12-17-16(6-7-18(17)23)14-4-2-1-3-5-14/h1-5,15,19,22,24H,6-13H2. The van der Waals surface area contributed by atoms with Crippen molar-refractivity contribution in [2.24, 2.45) is 5.92 Å². The van der Waals surface area contributed by atoms with E-state index in [2.05, 4.69) is 0 Å². The molecule has 1 aliphatic carbocycles. The van der Waals surface area contributed by atoms with Crippen LogP contribution in [0.25, 0.3) is 5.57 Å². The van der Waals surface area contributed by atoms with E-state index in [-0.39, 0.29) is 30.6 Å². The van der Waals surface area contributed by atoms with Gasteiger partial charge in [-0.3, -0.25) is 9.59 Å². The summed E-state index contributed by atoms with van der Waals surface area (Å²) in [6, 6.07) is 9.81. The molecule has 5 nitrogen and oxygen atoms in total. The number of Topliss-reactive ketones (excluding diaryl/α,β-unsaturated/α-hetero) is 1. The van der Waals surface area contributed by atoms with E-state index in [0.717, 1.165) is 11.1 Å². The van der Waals surface area contributed by atoms with E-state index in [1.165, 1.54) is 0 Å². The number of hydrogen-bond acceptors (Lipinski definition) is 4. The molecule has 0 radical (unpaired) electrons. The van der Waals surface area contributed by atoms with Crippen LogP contribution in [0.3, 0.4) is 0 Å². The Morgan fingerprint density at radius 1 is 1.16 bits per heavy atom. The quantitative estimate of drug-likeness (QED) is 0.854. The number of rotatable bonds is 5. The Balaban J connectivity index is 1.67. The zero-order valence-corrected chi connectivity index (χ0v) is 14.4. The van der Waals surface area contributed by atoms with Crippen LogP contribution in [0.2, 0.25) is 0 Å². The Labute approximate surface area is 148 Å². The van der Waals surface area contributed by atoms with Gasteiger partial charge in [-0.15, -0.1) is 0 Å². The summed E-state index contributed by atoms with van der Waals surface area (Å²) in [4.78, 5) is 26.7. The van der Waals surface area contributed by atoms with Gasteiger partial charge in [0.2, 0.25) is 5.91 Å². The number of carbonyl (C=O) groups is 2. The molecule has 0 bridgehead atoms. The Bertz CT molecular complexity index is 660. The summed E-state index contributed by atoms with van der Waals surface area (Å²) in [6.07, 6.45) is 2.02. The largest absolute Gasteiger partial charge is 0.394 e. The van der Waals surface area contributed by atoms with Crippen LogP contribution in [0.4, 0.5) is 0 Å². The number of carbonyl (C=O) groups excluding carboxylic acids is 2. The summed E-state index contributed by atoms with van der Waals surface area (Å²) in [5, 5.41) is 18.8. The molecule has 1 aromatic carbocycles. The Kier molecular flexibility index (Phi) is 5.66. The topological polar surface area (TPSA) is 77.8 Å². The monoisotopic (exact) mass is 343 g/mol. The van der Waals surface area contributed by atoms with Gasteiger partial charge in [0.25, 0.3) is 0 Å². The molecular formula is C20H25NO4. The highest BCUT2D eigenvalue weighted by Crippen LogP contribution is 2.34. The van der Waals surface area contributed by atoms with Crippen LogP contribution in [-0.4, -0.2) is 52.6 Å². The number of aliphatic hydroxyl groups excluding tert-OH is 2. The van der Waals surface area contributed by atoms with Gasteiger partial charge in [0.15, 0.2) is 5.78 Å². The zero-order valence-electron chi connectivity index (χ0n) is 14.4. The van der Waals surface area contributed by atoms with E-state index in [9.17, 15) is 14.7 Å². The minimum atomic E-state index is -0.707. The van der Waals surface area contributed by atoms with Gasteiger partial charge in [0, 0.05) is 25.1 Å². The first-order valence-corrected chi connectivity index (χ1v) is 8.97. The average molecular weight is 343 g/mol. The molecule has 1 atom stereocenters. The number of benzene rings is 1. The lowest BCUT2D eigenvalue weighted by Gasteiger charge is -2.34. The third-order valence-corrected chi connectivity index (χ3v) is 5.38. The van der Waals surface area contributed by atoms with Crippen molar-refractivity contribution in [1.29, 1.82) is 0 Å². The first kappa shape index (κ1) is 17.8. The maximum absolute atomic E-state index is 12.7. The molecule has 1 unspecified atom stereocenters. The number of likely N-dealkylation sites (tertiary alicyclic amines) is 1. The van der Waals surface area contributed by atoms with E-state index >= 15 is 0 Å². The van der Waals surface area contributed by atoms with E-state index in [4.69, 9.17) is 5.11 Å². The van der Waals surface area contributed by atoms with Gasteiger partial charge in [-0.2, -0.15) is 0 Å². The van der Waals surface area contributed by atoms with Crippen LogP contribution in [0, 0.1) is 5.92 Å². The van der Waals surface area contributed by atoms with Crippen LogP contribution >= 0.6 is 0 Å².